The molecule has 1 nitrogen and oxygen atoms in total. The van der Waals surface area contributed by atoms with Crippen LogP contribution in [0, 0.1) is 20.8 Å². The summed E-state index contributed by atoms with van der Waals surface area (Å²) in [5.41, 5.74) is 7.07. The Morgan fingerprint density at radius 3 is 2.15 bits per heavy atom. The Morgan fingerprint density at radius 1 is 1.00 bits per heavy atom. The van der Waals surface area contributed by atoms with Gasteiger partial charge in [0.15, 0.2) is 0 Å². The number of nitrogens with zero attached hydrogens (tertiary/aromatic N) is 1. The van der Waals surface area contributed by atoms with Crippen LogP contribution in [0.2, 0.25) is 0 Å². The average molecular weight is 263 g/mol. The van der Waals surface area contributed by atoms with Crippen LogP contribution in [0.25, 0.3) is 5.57 Å². The maximum Gasteiger partial charge on any atom is 0.0788 e. The van der Waals surface area contributed by atoms with E-state index in [4.69, 9.17) is 0 Å². The summed E-state index contributed by atoms with van der Waals surface area (Å²) in [7, 11) is 0. The lowest BCUT2D eigenvalue weighted by atomic mass is 10.0. The summed E-state index contributed by atoms with van der Waals surface area (Å²) in [6, 6.07) is 14.7. The van der Waals surface area contributed by atoms with Gasteiger partial charge in [-0.2, -0.15) is 0 Å². The SMILES string of the molecule is CCC(=C=Nc1c(C)cc(C)cc1C)c1ccccc1. The number of allylic oxidation sites excluding steroid dienone is 1. The van der Waals surface area contributed by atoms with Crippen molar-refractivity contribution in [1.29, 1.82) is 0 Å². The predicted molar refractivity (Wildman–Crippen MR) is 87.9 cm³/mol. The molecule has 0 N–H and O–H groups in total. The van der Waals surface area contributed by atoms with Crippen LogP contribution in [0.1, 0.15) is 35.6 Å². The third-order valence-electron chi connectivity index (χ3n) is 3.41. The fraction of sp³-hybridized carbons (Fsp3) is 0.263. The summed E-state index contributed by atoms with van der Waals surface area (Å²) in [6.45, 7) is 8.47. The van der Waals surface area contributed by atoms with Crippen molar-refractivity contribution in [2.45, 2.75) is 34.1 Å². The van der Waals surface area contributed by atoms with E-state index in [1.165, 1.54) is 22.3 Å². The molecule has 0 bridgehead atoms. The molecule has 0 aromatic heterocycles. The third kappa shape index (κ3) is 3.26. The molecule has 1 heteroatoms. The molecule has 0 amide bonds. The minimum atomic E-state index is 0.928. The molecule has 0 heterocycles. The quantitative estimate of drug-likeness (QED) is 0.657. The summed E-state index contributed by atoms with van der Waals surface area (Å²) < 4.78 is 0. The Morgan fingerprint density at radius 2 is 1.60 bits per heavy atom. The van der Waals surface area contributed by atoms with Crippen LogP contribution in [0.4, 0.5) is 5.69 Å². The van der Waals surface area contributed by atoms with Crippen molar-refractivity contribution >= 4 is 17.1 Å². The van der Waals surface area contributed by atoms with Crippen LogP contribution in [-0.2, 0) is 0 Å². The van der Waals surface area contributed by atoms with Gasteiger partial charge in [0.25, 0.3) is 0 Å². The lowest BCUT2D eigenvalue weighted by molar-refractivity contribution is 1.25. The molecule has 0 unspecified atom stereocenters. The van der Waals surface area contributed by atoms with Crippen LogP contribution in [-0.4, -0.2) is 5.87 Å². The number of hydrogen-bond donors (Lipinski definition) is 0. The molecular formula is C19H21N. The van der Waals surface area contributed by atoms with Gasteiger partial charge in [-0.15, -0.1) is 0 Å². The third-order valence-corrected chi connectivity index (χ3v) is 3.41. The molecular weight excluding hydrogens is 242 g/mol. The van der Waals surface area contributed by atoms with E-state index in [9.17, 15) is 0 Å². The molecule has 0 aliphatic rings. The van der Waals surface area contributed by atoms with Gasteiger partial charge in [0.1, 0.15) is 0 Å². The molecule has 20 heavy (non-hydrogen) atoms. The fourth-order valence-electron chi connectivity index (χ4n) is 2.46. The van der Waals surface area contributed by atoms with Gasteiger partial charge in [0.05, 0.1) is 5.69 Å². The number of benzene rings is 2. The van der Waals surface area contributed by atoms with Crippen molar-refractivity contribution in [3.63, 3.8) is 0 Å². The maximum absolute atomic E-state index is 4.61. The van der Waals surface area contributed by atoms with Crippen molar-refractivity contribution in [2.75, 3.05) is 0 Å². The molecule has 0 radical (unpaired) electrons. The number of hydrogen-bond acceptors (Lipinski definition) is 1. The summed E-state index contributed by atoms with van der Waals surface area (Å²) >= 11 is 0. The van der Waals surface area contributed by atoms with E-state index in [0.29, 0.717) is 0 Å². The molecule has 2 aromatic rings. The van der Waals surface area contributed by atoms with E-state index in [0.717, 1.165) is 17.7 Å². The van der Waals surface area contributed by atoms with Crippen LogP contribution in [0.3, 0.4) is 0 Å². The van der Waals surface area contributed by atoms with Gasteiger partial charge in [-0.3, -0.25) is 0 Å². The van der Waals surface area contributed by atoms with Crippen molar-refractivity contribution < 1.29 is 0 Å². The highest BCUT2D eigenvalue weighted by Crippen LogP contribution is 2.25. The molecule has 2 aromatic carbocycles. The second-order valence-electron chi connectivity index (χ2n) is 5.17. The van der Waals surface area contributed by atoms with E-state index in [1.54, 1.807) is 0 Å². The van der Waals surface area contributed by atoms with E-state index in [2.05, 4.69) is 75.0 Å². The Hall–Kier alpha value is -2.11. The Kier molecular flexibility index (Phi) is 4.55. The van der Waals surface area contributed by atoms with Crippen LogP contribution >= 0.6 is 0 Å². The predicted octanol–water partition coefficient (Wildman–Crippen LogP) is 5.41. The van der Waals surface area contributed by atoms with E-state index < -0.39 is 0 Å². The molecule has 0 saturated heterocycles. The first kappa shape index (κ1) is 14.3. The Labute approximate surface area is 121 Å². The molecule has 102 valence electrons. The number of aliphatic imine (C=N–C) groups is 1. The highest BCUT2D eigenvalue weighted by atomic mass is 14.7. The average Bonchev–Trinajstić information content (AvgIpc) is 2.43. The molecule has 0 aliphatic heterocycles. The maximum atomic E-state index is 4.61. The fourth-order valence-corrected chi connectivity index (χ4v) is 2.46. The van der Waals surface area contributed by atoms with Crippen molar-refractivity contribution in [2.24, 2.45) is 4.99 Å². The van der Waals surface area contributed by atoms with Crippen LogP contribution in [0.15, 0.2) is 47.5 Å². The minimum Gasteiger partial charge on any atom is -0.205 e. The molecule has 0 fully saturated rings. The number of rotatable bonds is 3. The highest BCUT2D eigenvalue weighted by molar-refractivity contribution is 5.91. The number of aryl methyl sites for hydroxylation is 3. The van der Waals surface area contributed by atoms with Crippen molar-refractivity contribution in [3.05, 3.63) is 64.7 Å². The molecule has 0 aliphatic carbocycles. The van der Waals surface area contributed by atoms with Gasteiger partial charge in [0, 0.05) is 5.57 Å². The summed E-state index contributed by atoms with van der Waals surface area (Å²) in [6.07, 6.45) is 0.928. The zero-order chi connectivity index (χ0) is 14.5. The standard InChI is InChI=1S/C19H21N/c1-5-17(18-9-7-6-8-10-18)13-20-19-15(3)11-14(2)12-16(19)4/h6-12H,5H2,1-4H3. The molecule has 0 saturated carbocycles. The van der Waals surface area contributed by atoms with Gasteiger partial charge in [-0.05, 0) is 49.8 Å². The first-order valence-corrected chi connectivity index (χ1v) is 7.07. The lowest BCUT2D eigenvalue weighted by Gasteiger charge is -2.05. The molecule has 0 spiro atoms. The lowest BCUT2D eigenvalue weighted by Crippen LogP contribution is -1.85. The Balaban J connectivity index is 2.48. The van der Waals surface area contributed by atoms with Crippen molar-refractivity contribution in [1.82, 2.24) is 0 Å². The van der Waals surface area contributed by atoms with E-state index in [1.807, 2.05) is 6.07 Å². The van der Waals surface area contributed by atoms with Gasteiger partial charge >= 0.3 is 0 Å². The van der Waals surface area contributed by atoms with Gasteiger partial charge in [-0.25, -0.2) is 4.99 Å². The summed E-state index contributed by atoms with van der Waals surface area (Å²) in [5.74, 6) is 3.24. The van der Waals surface area contributed by atoms with E-state index in [-0.39, 0.29) is 0 Å². The normalized spacial score (nSPS) is 10.0. The summed E-state index contributed by atoms with van der Waals surface area (Å²) in [4.78, 5) is 4.61. The topological polar surface area (TPSA) is 12.4 Å². The van der Waals surface area contributed by atoms with Gasteiger partial charge in [0.2, 0.25) is 0 Å². The monoisotopic (exact) mass is 263 g/mol. The highest BCUT2D eigenvalue weighted by Gasteiger charge is 2.02. The second kappa shape index (κ2) is 6.36. The largest absolute Gasteiger partial charge is 0.205 e. The van der Waals surface area contributed by atoms with Gasteiger partial charge in [-0.1, -0.05) is 55.0 Å². The van der Waals surface area contributed by atoms with Crippen molar-refractivity contribution in [3.8, 4) is 0 Å². The molecule has 2 rings (SSSR count). The Bertz CT molecular complexity index is 636. The first-order chi connectivity index (χ1) is 9.61. The van der Waals surface area contributed by atoms with Gasteiger partial charge < -0.3 is 0 Å². The smallest absolute Gasteiger partial charge is 0.0788 e. The van der Waals surface area contributed by atoms with Crippen LogP contribution in [0.5, 0.6) is 0 Å². The second-order valence-corrected chi connectivity index (χ2v) is 5.17. The zero-order valence-electron chi connectivity index (χ0n) is 12.7. The zero-order valence-corrected chi connectivity index (χ0v) is 12.7. The van der Waals surface area contributed by atoms with E-state index >= 15 is 0 Å². The minimum absolute atomic E-state index is 0.928. The first-order valence-electron chi connectivity index (χ1n) is 7.07. The summed E-state index contributed by atoms with van der Waals surface area (Å²) in [5, 5.41) is 0. The molecule has 0 atom stereocenters. The van der Waals surface area contributed by atoms with Crippen LogP contribution < -0.4 is 0 Å².